The predicted molar refractivity (Wildman–Crippen MR) is 158 cm³/mol. The van der Waals surface area contributed by atoms with Gasteiger partial charge < -0.3 is 9.47 Å². The van der Waals surface area contributed by atoms with Crippen LogP contribution < -0.4 is 10.3 Å². The van der Waals surface area contributed by atoms with E-state index in [1.54, 1.807) is 6.21 Å². The van der Waals surface area contributed by atoms with E-state index in [1.165, 1.54) is 11.3 Å². The first-order chi connectivity index (χ1) is 18.5. The highest BCUT2D eigenvalue weighted by Gasteiger charge is 2.17. The topological polar surface area (TPSA) is 52.9 Å². The Hall–Kier alpha value is -3.68. The second-order valence-electron chi connectivity index (χ2n) is 9.64. The van der Waals surface area contributed by atoms with Crippen LogP contribution in [0.3, 0.4) is 0 Å². The van der Waals surface area contributed by atoms with Gasteiger partial charge in [-0.25, -0.2) is 5.43 Å². The van der Waals surface area contributed by atoms with Crippen LogP contribution in [0, 0.1) is 13.8 Å². The van der Waals surface area contributed by atoms with Crippen molar-refractivity contribution in [3.63, 3.8) is 0 Å². The fourth-order valence-electron chi connectivity index (χ4n) is 4.98. The van der Waals surface area contributed by atoms with E-state index in [1.807, 2.05) is 36.4 Å². The van der Waals surface area contributed by atoms with Crippen LogP contribution in [-0.4, -0.2) is 47.8 Å². The zero-order chi connectivity index (χ0) is 26.5. The molecule has 194 valence electrons. The number of hydrogen-bond acceptors (Lipinski definition) is 4. The Morgan fingerprint density at radius 3 is 2.32 bits per heavy atom. The minimum atomic E-state index is -0.218. The molecule has 1 aliphatic heterocycles. The summed E-state index contributed by atoms with van der Waals surface area (Å²) < 4.78 is 3.20. The SMILES string of the molecule is Cc1cc(C=NNC(=O)c2ccc(CN3CCN(c4ccccc4)CC3)cc2)c(C)n1-c1cccc(Br)c1. The van der Waals surface area contributed by atoms with Gasteiger partial charge >= 0.3 is 0 Å². The molecule has 0 atom stereocenters. The number of aryl methyl sites for hydroxylation is 1. The van der Waals surface area contributed by atoms with Gasteiger partial charge in [0.1, 0.15) is 0 Å². The maximum atomic E-state index is 12.7. The third kappa shape index (κ3) is 6.06. The Kier molecular flexibility index (Phi) is 8.05. The normalized spacial score (nSPS) is 14.2. The van der Waals surface area contributed by atoms with Gasteiger partial charge in [0.15, 0.2) is 0 Å². The fourth-order valence-corrected chi connectivity index (χ4v) is 5.37. The number of anilines is 1. The molecule has 5 rings (SSSR count). The van der Waals surface area contributed by atoms with E-state index in [4.69, 9.17) is 0 Å². The molecule has 0 saturated carbocycles. The number of nitrogens with zero attached hydrogens (tertiary/aromatic N) is 4. The monoisotopic (exact) mass is 569 g/mol. The van der Waals surface area contributed by atoms with Crippen molar-refractivity contribution in [3.05, 3.63) is 117 Å². The number of para-hydroxylation sites is 1. The Labute approximate surface area is 232 Å². The third-order valence-corrected chi connectivity index (χ3v) is 7.52. The van der Waals surface area contributed by atoms with Crippen LogP contribution in [0.2, 0.25) is 0 Å². The summed E-state index contributed by atoms with van der Waals surface area (Å²) >= 11 is 3.54. The lowest BCUT2D eigenvalue weighted by Gasteiger charge is -2.36. The summed E-state index contributed by atoms with van der Waals surface area (Å²) in [5.74, 6) is -0.218. The van der Waals surface area contributed by atoms with Crippen molar-refractivity contribution < 1.29 is 4.79 Å². The summed E-state index contributed by atoms with van der Waals surface area (Å²) in [5, 5.41) is 4.23. The number of hydrogen-bond donors (Lipinski definition) is 1. The zero-order valence-corrected chi connectivity index (χ0v) is 23.4. The lowest BCUT2D eigenvalue weighted by Crippen LogP contribution is -2.45. The van der Waals surface area contributed by atoms with Gasteiger partial charge in [0.05, 0.1) is 6.21 Å². The van der Waals surface area contributed by atoms with Crippen molar-refractivity contribution in [2.24, 2.45) is 5.10 Å². The second kappa shape index (κ2) is 11.8. The largest absolute Gasteiger partial charge is 0.369 e. The average Bonchev–Trinajstić information content (AvgIpc) is 3.22. The minimum absolute atomic E-state index is 0.218. The number of carbonyl (C=O) groups excluding carboxylic acids is 1. The molecule has 38 heavy (non-hydrogen) atoms. The Morgan fingerprint density at radius 1 is 0.895 bits per heavy atom. The number of halogens is 1. The van der Waals surface area contributed by atoms with Gasteiger partial charge in [0.25, 0.3) is 5.91 Å². The quantitative estimate of drug-likeness (QED) is 0.221. The molecule has 1 amide bonds. The molecule has 1 aliphatic rings. The summed E-state index contributed by atoms with van der Waals surface area (Å²) in [7, 11) is 0. The van der Waals surface area contributed by atoms with Gasteiger partial charge in [-0.1, -0.05) is 52.3 Å². The molecule has 0 bridgehead atoms. The molecule has 1 aromatic heterocycles. The van der Waals surface area contributed by atoms with E-state index < -0.39 is 0 Å². The maximum Gasteiger partial charge on any atom is 0.271 e. The smallest absolute Gasteiger partial charge is 0.271 e. The van der Waals surface area contributed by atoms with Gasteiger partial charge in [-0.2, -0.15) is 5.10 Å². The van der Waals surface area contributed by atoms with Gasteiger partial charge in [-0.15, -0.1) is 0 Å². The third-order valence-electron chi connectivity index (χ3n) is 7.02. The van der Waals surface area contributed by atoms with Gasteiger partial charge in [-0.3, -0.25) is 9.69 Å². The average molecular weight is 571 g/mol. The molecule has 2 heterocycles. The highest BCUT2D eigenvalue weighted by molar-refractivity contribution is 9.10. The molecule has 1 fully saturated rings. The Bertz CT molecular complexity index is 1420. The molecule has 0 spiro atoms. The summed E-state index contributed by atoms with van der Waals surface area (Å²) in [5.41, 5.74) is 9.97. The van der Waals surface area contributed by atoms with Crippen LogP contribution in [0.4, 0.5) is 5.69 Å². The lowest BCUT2D eigenvalue weighted by atomic mass is 10.1. The van der Waals surface area contributed by atoms with Crippen molar-refractivity contribution in [1.82, 2.24) is 14.9 Å². The number of amides is 1. The van der Waals surface area contributed by atoms with E-state index >= 15 is 0 Å². The number of carbonyl (C=O) groups is 1. The zero-order valence-electron chi connectivity index (χ0n) is 21.8. The van der Waals surface area contributed by atoms with Crippen molar-refractivity contribution >= 4 is 33.7 Å². The second-order valence-corrected chi connectivity index (χ2v) is 10.6. The van der Waals surface area contributed by atoms with Crippen LogP contribution in [0.1, 0.15) is 32.9 Å². The minimum Gasteiger partial charge on any atom is -0.369 e. The van der Waals surface area contributed by atoms with Crippen molar-refractivity contribution in [3.8, 4) is 5.69 Å². The standard InChI is InChI=1S/C31H32BrN5O/c1-23-19-27(24(2)37(23)30-10-6-7-28(32)20-30)21-33-34-31(38)26-13-11-25(12-14-26)22-35-15-17-36(18-16-35)29-8-4-3-5-9-29/h3-14,19-21H,15-18,22H2,1-2H3,(H,34,38). The summed E-state index contributed by atoms with van der Waals surface area (Å²) in [6, 6.07) is 28.7. The fraction of sp³-hybridized carbons (Fsp3) is 0.226. The molecule has 4 aromatic rings. The highest BCUT2D eigenvalue weighted by atomic mass is 79.9. The van der Waals surface area contributed by atoms with E-state index in [9.17, 15) is 4.79 Å². The van der Waals surface area contributed by atoms with Crippen molar-refractivity contribution in [2.45, 2.75) is 20.4 Å². The van der Waals surface area contributed by atoms with Crippen LogP contribution in [0.15, 0.2) is 94.5 Å². The molecule has 0 aliphatic carbocycles. The molecule has 1 saturated heterocycles. The highest BCUT2D eigenvalue weighted by Crippen LogP contribution is 2.22. The lowest BCUT2D eigenvalue weighted by molar-refractivity contribution is 0.0955. The van der Waals surface area contributed by atoms with Crippen LogP contribution in [0.5, 0.6) is 0 Å². The first-order valence-corrected chi connectivity index (χ1v) is 13.7. The molecule has 1 N–H and O–H groups in total. The number of rotatable bonds is 7. The van der Waals surface area contributed by atoms with E-state index in [0.29, 0.717) is 5.56 Å². The summed E-state index contributed by atoms with van der Waals surface area (Å²) in [6.07, 6.45) is 1.71. The van der Waals surface area contributed by atoms with Crippen LogP contribution >= 0.6 is 15.9 Å². The van der Waals surface area contributed by atoms with Gasteiger partial charge in [0.2, 0.25) is 0 Å². The Morgan fingerprint density at radius 2 is 1.61 bits per heavy atom. The summed E-state index contributed by atoms with van der Waals surface area (Å²) in [4.78, 5) is 17.6. The molecular weight excluding hydrogens is 538 g/mol. The number of hydrazone groups is 1. The van der Waals surface area contributed by atoms with Crippen LogP contribution in [-0.2, 0) is 6.54 Å². The first-order valence-electron chi connectivity index (χ1n) is 12.9. The summed E-state index contributed by atoms with van der Waals surface area (Å²) in [6.45, 7) is 9.09. The van der Waals surface area contributed by atoms with Crippen LogP contribution in [0.25, 0.3) is 5.69 Å². The molecule has 3 aromatic carbocycles. The number of benzene rings is 3. The van der Waals surface area contributed by atoms with Gasteiger partial charge in [0, 0.05) is 71.1 Å². The number of aromatic nitrogens is 1. The molecule has 0 radical (unpaired) electrons. The molecule has 7 heteroatoms. The van der Waals surface area contributed by atoms with Crippen molar-refractivity contribution in [2.75, 3.05) is 31.1 Å². The van der Waals surface area contributed by atoms with E-state index in [0.717, 1.165) is 59.8 Å². The predicted octanol–water partition coefficient (Wildman–Crippen LogP) is 5.94. The van der Waals surface area contributed by atoms with E-state index in [2.05, 4.69) is 103 Å². The maximum absolute atomic E-state index is 12.7. The number of nitrogens with one attached hydrogen (secondary N) is 1. The number of piperazine rings is 1. The van der Waals surface area contributed by atoms with Gasteiger partial charge in [-0.05, 0) is 67.9 Å². The Balaban J connectivity index is 1.14. The molecule has 0 unspecified atom stereocenters. The molecule has 6 nitrogen and oxygen atoms in total. The molecular formula is C31H32BrN5O. The van der Waals surface area contributed by atoms with E-state index in [-0.39, 0.29) is 5.91 Å². The first kappa shape index (κ1) is 25.9. The van der Waals surface area contributed by atoms with Crippen molar-refractivity contribution in [1.29, 1.82) is 0 Å².